The van der Waals surface area contributed by atoms with Gasteiger partial charge in [0.05, 0.1) is 12.1 Å². The summed E-state index contributed by atoms with van der Waals surface area (Å²) in [7, 11) is 1.51. The maximum absolute atomic E-state index is 12.5. The van der Waals surface area contributed by atoms with Crippen LogP contribution in [0, 0.1) is 13.8 Å². The molecule has 2 aromatic carbocycles. The van der Waals surface area contributed by atoms with E-state index in [2.05, 4.69) is 15.6 Å². The van der Waals surface area contributed by atoms with Crippen LogP contribution in [0.25, 0.3) is 0 Å². The summed E-state index contributed by atoms with van der Waals surface area (Å²) in [6.07, 6.45) is 0. The van der Waals surface area contributed by atoms with Crippen molar-refractivity contribution in [3.8, 4) is 5.75 Å². The molecule has 0 unspecified atom stereocenters. The summed E-state index contributed by atoms with van der Waals surface area (Å²) in [4.78, 5) is 29.4. The minimum absolute atomic E-state index is 0.204. The van der Waals surface area contributed by atoms with E-state index in [1.807, 2.05) is 31.2 Å². The highest BCUT2D eigenvalue weighted by Gasteiger charge is 2.13. The first-order valence-electron chi connectivity index (χ1n) is 8.91. The Balaban J connectivity index is 1.83. The topological polar surface area (TPSA) is 85.2 Å². The molecule has 0 saturated heterocycles. The third-order valence-corrected chi connectivity index (χ3v) is 4.44. The van der Waals surface area contributed by atoms with Crippen LogP contribution in [0.3, 0.4) is 0 Å². The predicted octanol–water partition coefficient (Wildman–Crippen LogP) is 3.90. The number of hydrogen-bond donors (Lipinski definition) is 2. The second kappa shape index (κ2) is 8.79. The fraction of sp³-hybridized carbons (Fsp3) is 0.190. The molecule has 2 N–H and O–H groups in total. The number of carbonyl (C=O) groups excluding carboxylic acids is 1. The Morgan fingerprint density at radius 3 is 2.62 bits per heavy atom. The van der Waals surface area contributed by atoms with E-state index in [0.29, 0.717) is 28.1 Å². The molecule has 3 rings (SSSR count). The van der Waals surface area contributed by atoms with Crippen LogP contribution in [-0.4, -0.2) is 22.6 Å². The van der Waals surface area contributed by atoms with Crippen molar-refractivity contribution in [2.75, 3.05) is 17.7 Å². The van der Waals surface area contributed by atoms with Crippen molar-refractivity contribution >= 4 is 34.8 Å². The lowest BCUT2D eigenvalue weighted by atomic mass is 10.2. The van der Waals surface area contributed by atoms with E-state index in [0.717, 1.165) is 11.3 Å². The highest BCUT2D eigenvalue weighted by molar-refractivity contribution is 6.32. The van der Waals surface area contributed by atoms with Gasteiger partial charge in [0.25, 0.3) is 5.56 Å². The highest BCUT2D eigenvalue weighted by Crippen LogP contribution is 2.27. The smallest absolute Gasteiger partial charge is 0.255 e. The molecule has 0 saturated carbocycles. The summed E-state index contributed by atoms with van der Waals surface area (Å²) in [5.74, 6) is 0.419. The van der Waals surface area contributed by atoms with Gasteiger partial charge in [0.2, 0.25) is 11.9 Å². The van der Waals surface area contributed by atoms with Crippen molar-refractivity contribution in [2.45, 2.75) is 20.4 Å². The van der Waals surface area contributed by atoms with Gasteiger partial charge in [-0.25, -0.2) is 4.98 Å². The lowest BCUT2D eigenvalue weighted by Crippen LogP contribution is -2.30. The Bertz CT molecular complexity index is 1110. The average molecular weight is 413 g/mol. The number of benzene rings is 2. The van der Waals surface area contributed by atoms with Crippen molar-refractivity contribution in [2.24, 2.45) is 0 Å². The van der Waals surface area contributed by atoms with Crippen LogP contribution in [0.1, 0.15) is 11.3 Å². The highest BCUT2D eigenvalue weighted by atomic mass is 35.5. The second-order valence-electron chi connectivity index (χ2n) is 6.54. The molecule has 0 atom stereocenters. The number of nitrogens with zero attached hydrogens (tertiary/aromatic N) is 2. The van der Waals surface area contributed by atoms with Gasteiger partial charge in [-0.3, -0.25) is 14.2 Å². The van der Waals surface area contributed by atoms with E-state index >= 15 is 0 Å². The van der Waals surface area contributed by atoms with E-state index in [4.69, 9.17) is 16.3 Å². The first-order chi connectivity index (χ1) is 13.9. The van der Waals surface area contributed by atoms with Crippen molar-refractivity contribution in [3.05, 3.63) is 75.2 Å². The molecule has 8 heteroatoms. The Kier molecular flexibility index (Phi) is 6.19. The standard InChI is InChI=1S/C21H21ClN4O3/c1-13-5-4-6-15(9-13)25-21-23-14(2)10-20(28)26(21)12-19(27)24-16-7-8-18(29-3)17(22)11-16/h4-11H,12H2,1-3H3,(H,23,25)(H,24,27). The zero-order chi connectivity index (χ0) is 21.0. The van der Waals surface area contributed by atoms with E-state index < -0.39 is 0 Å². The van der Waals surface area contributed by atoms with Gasteiger partial charge < -0.3 is 15.4 Å². The molecule has 0 bridgehead atoms. The van der Waals surface area contributed by atoms with Crippen LogP contribution in [-0.2, 0) is 11.3 Å². The largest absolute Gasteiger partial charge is 0.495 e. The van der Waals surface area contributed by atoms with E-state index in [1.54, 1.807) is 25.1 Å². The maximum Gasteiger partial charge on any atom is 0.255 e. The number of halogens is 1. The third-order valence-electron chi connectivity index (χ3n) is 4.15. The van der Waals surface area contributed by atoms with Crippen LogP contribution >= 0.6 is 11.6 Å². The van der Waals surface area contributed by atoms with Crippen LogP contribution in [0.2, 0.25) is 5.02 Å². The summed E-state index contributed by atoms with van der Waals surface area (Å²) >= 11 is 6.09. The number of ether oxygens (including phenoxy) is 1. The molecular weight excluding hydrogens is 392 g/mol. The quantitative estimate of drug-likeness (QED) is 0.641. The molecule has 0 radical (unpaired) electrons. The van der Waals surface area contributed by atoms with Gasteiger partial charge in [-0.05, 0) is 49.7 Å². The molecule has 0 fully saturated rings. The Hall–Kier alpha value is -3.32. The zero-order valence-corrected chi connectivity index (χ0v) is 17.1. The molecule has 1 amide bonds. The summed E-state index contributed by atoms with van der Waals surface area (Å²) in [5.41, 5.74) is 2.57. The lowest BCUT2D eigenvalue weighted by Gasteiger charge is -2.15. The van der Waals surface area contributed by atoms with Crippen LogP contribution in [0.15, 0.2) is 53.3 Å². The lowest BCUT2D eigenvalue weighted by molar-refractivity contribution is -0.116. The molecule has 150 valence electrons. The minimum Gasteiger partial charge on any atom is -0.495 e. The Morgan fingerprint density at radius 2 is 1.93 bits per heavy atom. The number of aromatic nitrogens is 2. The number of carbonyl (C=O) groups is 1. The van der Waals surface area contributed by atoms with Crippen molar-refractivity contribution in [3.63, 3.8) is 0 Å². The first-order valence-corrected chi connectivity index (χ1v) is 9.29. The summed E-state index contributed by atoms with van der Waals surface area (Å²) in [6.45, 7) is 3.49. The molecule has 0 aliphatic carbocycles. The fourth-order valence-corrected chi connectivity index (χ4v) is 3.07. The molecule has 1 aromatic heterocycles. The molecule has 3 aromatic rings. The number of amides is 1. The monoisotopic (exact) mass is 412 g/mol. The van der Waals surface area contributed by atoms with Gasteiger partial charge in [-0.15, -0.1) is 0 Å². The third kappa shape index (κ3) is 5.14. The number of hydrogen-bond acceptors (Lipinski definition) is 5. The van der Waals surface area contributed by atoms with E-state index in [1.165, 1.54) is 17.7 Å². The fourth-order valence-electron chi connectivity index (χ4n) is 2.81. The number of anilines is 3. The molecule has 29 heavy (non-hydrogen) atoms. The average Bonchev–Trinajstić information content (AvgIpc) is 2.65. The maximum atomic E-state index is 12.5. The van der Waals surface area contributed by atoms with Crippen molar-refractivity contribution in [1.82, 2.24) is 9.55 Å². The summed E-state index contributed by atoms with van der Waals surface area (Å²) in [6, 6.07) is 14.0. The molecule has 1 heterocycles. The first kappa shape index (κ1) is 20.4. The van der Waals surface area contributed by atoms with Crippen molar-refractivity contribution < 1.29 is 9.53 Å². The van der Waals surface area contributed by atoms with Crippen LogP contribution in [0.4, 0.5) is 17.3 Å². The Labute approximate surface area is 173 Å². The Morgan fingerprint density at radius 1 is 1.14 bits per heavy atom. The molecule has 7 nitrogen and oxygen atoms in total. The normalized spacial score (nSPS) is 10.5. The van der Waals surface area contributed by atoms with Gasteiger partial charge in [-0.2, -0.15) is 0 Å². The molecular formula is C21H21ClN4O3. The molecule has 0 spiro atoms. The summed E-state index contributed by atoms with van der Waals surface area (Å²) < 4.78 is 6.39. The number of rotatable bonds is 6. The molecule has 0 aliphatic rings. The van der Waals surface area contributed by atoms with Gasteiger partial charge >= 0.3 is 0 Å². The summed E-state index contributed by atoms with van der Waals surface area (Å²) in [5, 5.41) is 6.23. The van der Waals surface area contributed by atoms with E-state index in [9.17, 15) is 9.59 Å². The number of nitrogens with one attached hydrogen (secondary N) is 2. The second-order valence-corrected chi connectivity index (χ2v) is 6.94. The van der Waals surface area contributed by atoms with Gasteiger partial charge in [0.1, 0.15) is 12.3 Å². The number of aryl methyl sites for hydroxylation is 2. The predicted molar refractivity (Wildman–Crippen MR) is 114 cm³/mol. The zero-order valence-electron chi connectivity index (χ0n) is 16.3. The van der Waals surface area contributed by atoms with Crippen molar-refractivity contribution in [1.29, 1.82) is 0 Å². The molecule has 0 aliphatic heterocycles. The van der Waals surface area contributed by atoms with Crippen LogP contribution < -0.4 is 20.9 Å². The van der Waals surface area contributed by atoms with Gasteiger partial charge in [0, 0.05) is 23.1 Å². The van der Waals surface area contributed by atoms with E-state index in [-0.39, 0.29) is 18.0 Å². The SMILES string of the molecule is COc1ccc(NC(=O)Cn2c(Nc3cccc(C)c3)nc(C)cc2=O)cc1Cl. The van der Waals surface area contributed by atoms with Gasteiger partial charge in [0.15, 0.2) is 0 Å². The minimum atomic E-state index is -0.383. The van der Waals surface area contributed by atoms with Crippen LogP contribution in [0.5, 0.6) is 5.75 Å². The number of methoxy groups -OCH3 is 1. The van der Waals surface area contributed by atoms with Gasteiger partial charge in [-0.1, -0.05) is 23.7 Å².